The zero-order chi connectivity index (χ0) is 21.3. The van der Waals surface area contributed by atoms with Gasteiger partial charge in [-0.25, -0.2) is 4.79 Å². The zero-order valence-corrected chi connectivity index (χ0v) is 16.3. The number of hydrogen-bond donors (Lipinski definition) is 1. The monoisotopic (exact) mass is 402 g/mol. The van der Waals surface area contributed by atoms with Gasteiger partial charge < -0.3 is 14.5 Å². The van der Waals surface area contributed by atoms with Gasteiger partial charge in [0, 0.05) is 5.56 Å². The van der Waals surface area contributed by atoms with E-state index in [1.165, 1.54) is 7.11 Å². The molecule has 2 aromatic carbocycles. The minimum Gasteiger partial charge on any atom is -0.463 e. The lowest BCUT2D eigenvalue weighted by Gasteiger charge is -2.28. The average Bonchev–Trinajstić information content (AvgIpc) is 2.77. The first-order valence-electron chi connectivity index (χ1n) is 9.27. The van der Waals surface area contributed by atoms with Crippen LogP contribution in [0.15, 0.2) is 76.8 Å². The van der Waals surface area contributed by atoms with Crippen LogP contribution in [-0.4, -0.2) is 28.8 Å². The number of nitrogens with one attached hydrogen (secondary N) is 1. The van der Waals surface area contributed by atoms with E-state index in [-0.39, 0.29) is 22.8 Å². The van der Waals surface area contributed by atoms with Gasteiger partial charge in [0.15, 0.2) is 5.78 Å². The summed E-state index contributed by atoms with van der Waals surface area (Å²) in [5.41, 5.74) is 0.771. The second kappa shape index (κ2) is 7.79. The number of esters is 1. The molecule has 1 unspecified atom stereocenters. The van der Waals surface area contributed by atoms with Crippen LogP contribution in [0.2, 0.25) is 0 Å². The highest BCUT2D eigenvalue weighted by molar-refractivity contribution is 6.14. The molecule has 0 aliphatic carbocycles. The molecule has 0 spiro atoms. The smallest absolute Gasteiger partial charge is 0.374 e. The Morgan fingerprint density at radius 1 is 1.03 bits per heavy atom. The van der Waals surface area contributed by atoms with Crippen LogP contribution >= 0.6 is 0 Å². The van der Waals surface area contributed by atoms with Gasteiger partial charge in [-0.3, -0.25) is 9.59 Å². The predicted molar refractivity (Wildman–Crippen MR) is 108 cm³/mol. The Kier molecular flexibility index (Phi) is 5.02. The predicted octanol–water partition coefficient (Wildman–Crippen LogP) is 2.91. The third-order valence-corrected chi connectivity index (χ3v) is 4.84. The van der Waals surface area contributed by atoms with Crippen LogP contribution in [0, 0.1) is 6.92 Å². The van der Waals surface area contributed by atoms with Crippen molar-refractivity contribution in [1.29, 1.82) is 0 Å². The van der Waals surface area contributed by atoms with Gasteiger partial charge in [-0.2, -0.15) is 4.98 Å². The largest absolute Gasteiger partial charge is 0.463 e. The molecular formula is C23H18N2O5. The molecule has 150 valence electrons. The van der Waals surface area contributed by atoms with Crippen molar-refractivity contribution in [2.45, 2.75) is 12.8 Å². The molecule has 0 fully saturated rings. The highest BCUT2D eigenvalue weighted by Crippen LogP contribution is 2.42. The van der Waals surface area contributed by atoms with Crippen LogP contribution in [0.5, 0.6) is 5.88 Å². The summed E-state index contributed by atoms with van der Waals surface area (Å²) in [6.07, 6.45) is 0. The minimum absolute atomic E-state index is 0.0184. The Labute approximate surface area is 172 Å². The number of benzene rings is 2. The molecule has 1 aromatic heterocycles. The summed E-state index contributed by atoms with van der Waals surface area (Å²) in [7, 11) is 1.20. The quantitative estimate of drug-likeness (QED) is 0.532. The van der Waals surface area contributed by atoms with E-state index >= 15 is 0 Å². The Bertz CT molecular complexity index is 1210. The number of allylic oxidation sites excluding steroid dienone is 1. The molecule has 4 rings (SSSR count). The van der Waals surface area contributed by atoms with Crippen molar-refractivity contribution < 1.29 is 19.1 Å². The number of nitrogens with zero attached hydrogens (tertiary/aromatic N) is 1. The van der Waals surface area contributed by atoms with E-state index in [2.05, 4.69) is 9.97 Å². The maximum absolute atomic E-state index is 13.5. The van der Waals surface area contributed by atoms with Gasteiger partial charge in [-0.15, -0.1) is 0 Å². The fraction of sp³-hybridized carbons (Fsp3) is 0.130. The van der Waals surface area contributed by atoms with Crippen molar-refractivity contribution in [3.05, 3.63) is 105 Å². The number of H-pyrrole nitrogens is 1. The molecule has 1 N–H and O–H groups in total. The Morgan fingerprint density at radius 2 is 1.67 bits per heavy atom. The van der Waals surface area contributed by atoms with Crippen molar-refractivity contribution in [2.75, 3.05) is 7.11 Å². The number of aromatic amines is 1. The molecule has 0 saturated heterocycles. The fourth-order valence-electron chi connectivity index (χ4n) is 3.53. The molecule has 0 saturated carbocycles. The molecular weight excluding hydrogens is 384 g/mol. The first-order valence-corrected chi connectivity index (χ1v) is 9.27. The molecule has 7 nitrogen and oxygen atoms in total. The number of aromatic nitrogens is 2. The van der Waals surface area contributed by atoms with Crippen LogP contribution in [-0.2, 0) is 9.53 Å². The minimum atomic E-state index is -0.853. The second-order valence-electron chi connectivity index (χ2n) is 6.75. The van der Waals surface area contributed by atoms with E-state index in [0.29, 0.717) is 17.0 Å². The first-order chi connectivity index (χ1) is 14.5. The summed E-state index contributed by atoms with van der Waals surface area (Å²) in [4.78, 5) is 45.9. The topological polar surface area (TPSA) is 98.4 Å². The van der Waals surface area contributed by atoms with E-state index in [1.807, 2.05) is 6.07 Å². The van der Waals surface area contributed by atoms with Gasteiger partial charge in [0.05, 0.1) is 24.2 Å². The molecule has 30 heavy (non-hydrogen) atoms. The average molecular weight is 402 g/mol. The molecule has 0 bridgehead atoms. The summed E-state index contributed by atoms with van der Waals surface area (Å²) in [6, 6.07) is 17.5. The lowest BCUT2D eigenvalue weighted by molar-refractivity contribution is -0.138. The number of ketones is 1. The van der Waals surface area contributed by atoms with E-state index in [0.717, 1.165) is 0 Å². The first kappa shape index (κ1) is 19.3. The van der Waals surface area contributed by atoms with Gasteiger partial charge in [0.2, 0.25) is 11.6 Å². The molecule has 0 radical (unpaired) electrons. The number of hydrogen-bond acceptors (Lipinski definition) is 6. The number of methoxy groups -OCH3 is 1. The fourth-order valence-corrected chi connectivity index (χ4v) is 3.53. The van der Waals surface area contributed by atoms with Crippen LogP contribution in [0.3, 0.4) is 0 Å². The molecule has 7 heteroatoms. The highest BCUT2D eigenvalue weighted by atomic mass is 16.6. The van der Waals surface area contributed by atoms with Gasteiger partial charge in [0.25, 0.3) is 5.56 Å². The Balaban J connectivity index is 2.04. The van der Waals surface area contributed by atoms with Crippen molar-refractivity contribution in [2.24, 2.45) is 0 Å². The SMILES string of the molecule is COC(=O)C1=C(C(=O)c2ccccc2)C(c2ccccc2)c2c(nc(C)[nH]c2=O)O1. The number of carbonyl (C=O) groups is 2. The Morgan fingerprint density at radius 3 is 2.30 bits per heavy atom. The highest BCUT2D eigenvalue weighted by Gasteiger charge is 2.41. The van der Waals surface area contributed by atoms with E-state index in [9.17, 15) is 14.4 Å². The standard InChI is InChI=1S/C23H18N2O5/c1-13-24-21(27)18-16(14-9-5-3-6-10-14)17(19(26)15-11-7-4-8-12-15)20(23(28)29-2)30-22(18)25-13/h3-12,16H,1-2H3,(H,24,25,27). The third-order valence-electron chi connectivity index (χ3n) is 4.84. The molecule has 1 aliphatic rings. The summed E-state index contributed by atoms with van der Waals surface area (Å²) in [5, 5.41) is 0. The second-order valence-corrected chi connectivity index (χ2v) is 6.75. The number of rotatable bonds is 4. The summed E-state index contributed by atoms with van der Waals surface area (Å²) >= 11 is 0. The maximum atomic E-state index is 13.5. The van der Waals surface area contributed by atoms with Gasteiger partial charge in [-0.1, -0.05) is 60.7 Å². The molecule has 0 amide bonds. The molecule has 2 heterocycles. The number of Topliss-reactive ketones (excluding diaryl/α,β-unsaturated/α-hetero) is 1. The maximum Gasteiger partial charge on any atom is 0.374 e. The van der Waals surface area contributed by atoms with Crippen LogP contribution < -0.4 is 10.3 Å². The molecule has 3 aromatic rings. The molecule has 1 atom stereocenters. The normalized spacial score (nSPS) is 15.2. The lowest BCUT2D eigenvalue weighted by Crippen LogP contribution is -2.32. The summed E-state index contributed by atoms with van der Waals surface area (Å²) in [5.74, 6) is -2.07. The number of carbonyl (C=O) groups excluding carboxylic acids is 2. The van der Waals surface area contributed by atoms with Gasteiger partial charge >= 0.3 is 5.97 Å². The van der Waals surface area contributed by atoms with E-state index < -0.39 is 23.2 Å². The lowest BCUT2D eigenvalue weighted by atomic mass is 9.80. The van der Waals surface area contributed by atoms with Crippen molar-refractivity contribution in [3.63, 3.8) is 0 Å². The van der Waals surface area contributed by atoms with Crippen LogP contribution in [0.4, 0.5) is 0 Å². The van der Waals surface area contributed by atoms with Crippen LogP contribution in [0.1, 0.15) is 33.2 Å². The van der Waals surface area contributed by atoms with Crippen molar-refractivity contribution >= 4 is 11.8 Å². The van der Waals surface area contributed by atoms with Crippen molar-refractivity contribution in [1.82, 2.24) is 9.97 Å². The van der Waals surface area contributed by atoms with Gasteiger partial charge in [-0.05, 0) is 12.5 Å². The van der Waals surface area contributed by atoms with Gasteiger partial charge in [0.1, 0.15) is 5.82 Å². The molecule has 1 aliphatic heterocycles. The van der Waals surface area contributed by atoms with E-state index in [1.54, 1.807) is 61.5 Å². The van der Waals surface area contributed by atoms with E-state index in [4.69, 9.17) is 9.47 Å². The summed E-state index contributed by atoms with van der Waals surface area (Å²) in [6.45, 7) is 1.61. The summed E-state index contributed by atoms with van der Waals surface area (Å²) < 4.78 is 10.6. The number of ether oxygens (including phenoxy) is 2. The van der Waals surface area contributed by atoms with Crippen molar-refractivity contribution in [3.8, 4) is 5.88 Å². The third kappa shape index (κ3) is 3.30. The number of aryl methyl sites for hydroxylation is 1. The zero-order valence-electron chi connectivity index (χ0n) is 16.3. The number of fused-ring (bicyclic) bond motifs is 1. The van der Waals surface area contributed by atoms with Crippen LogP contribution in [0.25, 0.3) is 0 Å². The Hall–Kier alpha value is -4.00.